The van der Waals surface area contributed by atoms with E-state index in [4.69, 9.17) is 28.4 Å². The van der Waals surface area contributed by atoms with Gasteiger partial charge in [0.05, 0.1) is 35.5 Å². The van der Waals surface area contributed by atoms with Crippen molar-refractivity contribution in [1.82, 2.24) is 9.80 Å². The molecular weight excluding hydrogens is 624 g/mol. The van der Waals surface area contributed by atoms with Gasteiger partial charge in [0.15, 0.2) is 46.0 Å². The Kier molecular flexibility index (Phi) is 8.62. The van der Waals surface area contributed by atoms with Crippen LogP contribution in [0.15, 0.2) is 42.5 Å². The highest BCUT2D eigenvalue weighted by Crippen LogP contribution is 2.58. The Morgan fingerprint density at radius 1 is 0.673 bits per heavy atom. The predicted molar refractivity (Wildman–Crippen MR) is 186 cm³/mol. The van der Waals surface area contributed by atoms with Crippen molar-refractivity contribution in [2.24, 2.45) is 0 Å². The third-order valence-electron chi connectivity index (χ3n) is 10.5. The number of hydrogen-bond donors (Lipinski definition) is 2. The summed E-state index contributed by atoms with van der Waals surface area (Å²) in [6.45, 7) is 1.76. The monoisotopic (exact) mass is 668 g/mol. The maximum atomic E-state index is 11.0. The molecule has 49 heavy (non-hydrogen) atoms. The van der Waals surface area contributed by atoms with Gasteiger partial charge < -0.3 is 38.6 Å². The van der Waals surface area contributed by atoms with Gasteiger partial charge in [-0.15, -0.1) is 0 Å². The van der Waals surface area contributed by atoms with Crippen molar-refractivity contribution in [2.75, 3.05) is 62.7 Å². The topological polar surface area (TPSA) is 102 Å². The minimum absolute atomic E-state index is 0.0271. The van der Waals surface area contributed by atoms with Gasteiger partial charge in [0.25, 0.3) is 0 Å². The van der Waals surface area contributed by atoms with Crippen LogP contribution in [-0.4, -0.2) is 82.7 Å². The fourth-order valence-electron chi connectivity index (χ4n) is 7.98. The number of hydrogen-bond acceptors (Lipinski definition) is 10. The van der Waals surface area contributed by atoms with E-state index in [1.807, 2.05) is 36.4 Å². The largest absolute Gasteiger partial charge is 0.504 e. The number of benzene rings is 4. The molecule has 1 aliphatic carbocycles. The number of methoxy groups -OCH3 is 5. The highest BCUT2D eigenvalue weighted by molar-refractivity contribution is 5.87. The number of fused-ring (bicyclic) bond motifs is 3. The summed E-state index contributed by atoms with van der Waals surface area (Å²) in [7, 11) is 12.4. The zero-order valence-corrected chi connectivity index (χ0v) is 29.2. The molecule has 2 atom stereocenters. The average Bonchev–Trinajstić information content (AvgIpc) is 3.11. The Balaban J connectivity index is 1.27. The summed E-state index contributed by atoms with van der Waals surface area (Å²) in [5.74, 6) is 3.95. The van der Waals surface area contributed by atoms with Gasteiger partial charge in [-0.1, -0.05) is 6.07 Å². The Bertz CT molecular complexity index is 1920. The maximum absolute atomic E-state index is 11.0. The second-order valence-electron chi connectivity index (χ2n) is 13.1. The minimum atomic E-state index is 0.0271. The summed E-state index contributed by atoms with van der Waals surface area (Å²) >= 11 is 0. The van der Waals surface area contributed by atoms with E-state index in [1.165, 1.54) is 5.56 Å². The fourth-order valence-corrected chi connectivity index (χ4v) is 7.98. The smallest absolute Gasteiger partial charge is 0.204 e. The molecule has 3 aliphatic rings. The Hall–Kier alpha value is -4.80. The zero-order chi connectivity index (χ0) is 34.6. The molecule has 10 heteroatoms. The van der Waals surface area contributed by atoms with Crippen LogP contribution >= 0.6 is 0 Å². The van der Waals surface area contributed by atoms with E-state index in [9.17, 15) is 10.2 Å². The third-order valence-corrected chi connectivity index (χ3v) is 10.5. The standard InChI is InChI=1S/C39H44N2O8/c1-40-12-10-22-17-31(44-3)30(43)19-25(22)27(40)14-21-8-9-29(42)32(15-21)49-34-18-23-16-28-35-24(11-13-41(28)2)37(46-5)39(48-7)38(47-6)36(35)26(23)20-33(34)45-4/h8-9,15,17-20,27-28,42-43H,10-14,16H2,1-7H3. The molecular formula is C39H44N2O8. The van der Waals surface area contributed by atoms with Gasteiger partial charge in [0.2, 0.25) is 5.75 Å². The van der Waals surface area contributed by atoms with Gasteiger partial charge in [0.1, 0.15) is 0 Å². The molecule has 258 valence electrons. The molecule has 0 radical (unpaired) electrons. The van der Waals surface area contributed by atoms with Gasteiger partial charge in [-0.3, -0.25) is 9.80 Å². The van der Waals surface area contributed by atoms with E-state index >= 15 is 0 Å². The van der Waals surface area contributed by atoms with E-state index in [1.54, 1.807) is 41.6 Å². The number of aromatic hydroxyl groups is 2. The number of nitrogens with zero attached hydrogens (tertiary/aromatic N) is 2. The van der Waals surface area contributed by atoms with E-state index in [0.717, 1.165) is 77.0 Å². The van der Waals surface area contributed by atoms with Crippen LogP contribution in [-0.2, 0) is 25.7 Å². The second-order valence-corrected chi connectivity index (χ2v) is 13.1. The van der Waals surface area contributed by atoms with Crippen LogP contribution in [0.5, 0.6) is 51.7 Å². The zero-order valence-electron chi connectivity index (χ0n) is 29.2. The maximum Gasteiger partial charge on any atom is 0.204 e. The molecule has 0 bridgehead atoms. The lowest BCUT2D eigenvalue weighted by molar-refractivity contribution is 0.222. The van der Waals surface area contributed by atoms with E-state index in [0.29, 0.717) is 40.9 Å². The molecule has 2 N–H and O–H groups in total. The Morgan fingerprint density at radius 2 is 1.39 bits per heavy atom. The van der Waals surface area contributed by atoms with Crippen LogP contribution in [0.2, 0.25) is 0 Å². The first-order valence-corrected chi connectivity index (χ1v) is 16.6. The average molecular weight is 669 g/mol. The van der Waals surface area contributed by atoms with Gasteiger partial charge in [-0.2, -0.15) is 0 Å². The first kappa shape index (κ1) is 32.7. The van der Waals surface area contributed by atoms with Crippen molar-refractivity contribution < 1.29 is 38.6 Å². The van der Waals surface area contributed by atoms with Crippen molar-refractivity contribution in [1.29, 1.82) is 0 Å². The fraction of sp³-hybridized carbons (Fsp3) is 0.385. The molecule has 0 amide bonds. The number of rotatable bonds is 9. The molecule has 0 saturated heterocycles. The van der Waals surface area contributed by atoms with E-state index in [-0.39, 0.29) is 23.6 Å². The third kappa shape index (κ3) is 5.43. The van der Waals surface area contributed by atoms with E-state index in [2.05, 4.69) is 23.9 Å². The summed E-state index contributed by atoms with van der Waals surface area (Å²) in [6, 6.07) is 13.4. The summed E-state index contributed by atoms with van der Waals surface area (Å²) in [4.78, 5) is 4.66. The van der Waals surface area contributed by atoms with Gasteiger partial charge >= 0.3 is 0 Å². The van der Waals surface area contributed by atoms with Crippen LogP contribution in [0.4, 0.5) is 0 Å². The van der Waals surface area contributed by atoms with Crippen LogP contribution < -0.4 is 28.4 Å². The lowest BCUT2D eigenvalue weighted by Gasteiger charge is -2.41. The van der Waals surface area contributed by atoms with Gasteiger partial charge in [0, 0.05) is 36.3 Å². The molecule has 7 rings (SSSR count). The Morgan fingerprint density at radius 3 is 2.10 bits per heavy atom. The highest BCUT2D eigenvalue weighted by Gasteiger charge is 2.40. The van der Waals surface area contributed by atoms with Gasteiger partial charge in [-0.25, -0.2) is 0 Å². The number of phenols is 2. The first-order chi connectivity index (χ1) is 23.7. The summed E-state index contributed by atoms with van der Waals surface area (Å²) < 4.78 is 35.6. The van der Waals surface area contributed by atoms with Gasteiger partial charge in [-0.05, 0) is 110 Å². The first-order valence-electron chi connectivity index (χ1n) is 16.6. The molecule has 2 unspecified atom stereocenters. The predicted octanol–water partition coefficient (Wildman–Crippen LogP) is 6.46. The number of likely N-dealkylation sites (N-methyl/N-ethyl adjacent to an activating group) is 2. The lowest BCUT2D eigenvalue weighted by Crippen LogP contribution is -2.36. The molecule has 4 aromatic rings. The highest BCUT2D eigenvalue weighted by atomic mass is 16.5. The second kappa shape index (κ2) is 12.9. The van der Waals surface area contributed by atoms with E-state index < -0.39 is 0 Å². The molecule has 10 nitrogen and oxygen atoms in total. The van der Waals surface area contributed by atoms with Crippen molar-refractivity contribution in [3.8, 4) is 62.9 Å². The SMILES string of the molecule is COc1cc2c(cc1O)C(Cc1ccc(O)c(Oc3cc4c(cc3OC)-c3c(OC)c(OC)c(OC)c5c3C(C4)N(C)CC5)c1)N(C)CC2. The van der Waals surface area contributed by atoms with Crippen LogP contribution in [0.1, 0.15) is 45.5 Å². The summed E-state index contributed by atoms with van der Waals surface area (Å²) in [6.07, 6.45) is 3.11. The van der Waals surface area contributed by atoms with Crippen molar-refractivity contribution >= 4 is 0 Å². The lowest BCUT2D eigenvalue weighted by atomic mass is 9.76. The number of phenolic OH excluding ortho intramolecular Hbond substituents is 2. The molecule has 2 heterocycles. The molecule has 0 aromatic heterocycles. The summed E-state index contributed by atoms with van der Waals surface area (Å²) in [5, 5.41) is 21.6. The normalized spacial score (nSPS) is 18.2. The Labute approximate surface area is 287 Å². The molecule has 0 fully saturated rings. The number of ether oxygens (including phenoxy) is 6. The minimum Gasteiger partial charge on any atom is -0.504 e. The molecule has 0 saturated carbocycles. The van der Waals surface area contributed by atoms with Crippen molar-refractivity contribution in [3.63, 3.8) is 0 Å². The van der Waals surface area contributed by atoms with Crippen LogP contribution in [0.25, 0.3) is 11.1 Å². The molecule has 0 spiro atoms. The molecule has 2 aliphatic heterocycles. The van der Waals surface area contributed by atoms with Crippen molar-refractivity contribution in [3.05, 3.63) is 75.8 Å². The van der Waals surface area contributed by atoms with Crippen molar-refractivity contribution in [2.45, 2.75) is 37.8 Å². The van der Waals surface area contributed by atoms with Crippen LogP contribution in [0, 0.1) is 0 Å². The van der Waals surface area contributed by atoms with Crippen LogP contribution in [0.3, 0.4) is 0 Å². The quantitative estimate of drug-likeness (QED) is 0.207. The summed E-state index contributed by atoms with van der Waals surface area (Å²) in [5.41, 5.74) is 8.59. The molecule has 4 aromatic carbocycles.